The number of benzene rings is 2. The number of anilines is 1. The first-order valence-corrected chi connectivity index (χ1v) is 13.4. The molecule has 0 saturated carbocycles. The van der Waals surface area contributed by atoms with E-state index in [4.69, 9.17) is 20.4 Å². The quantitative estimate of drug-likeness (QED) is 0.255. The first kappa shape index (κ1) is 31.3. The van der Waals surface area contributed by atoms with E-state index in [1.807, 2.05) is 12.4 Å². The Kier molecular flexibility index (Phi) is 11.4. The first-order valence-electron chi connectivity index (χ1n) is 13.4. The van der Waals surface area contributed by atoms with E-state index < -0.39 is 36.4 Å². The van der Waals surface area contributed by atoms with Crippen LogP contribution in [0.2, 0.25) is 0 Å². The average molecular weight is 564 g/mol. The molecule has 218 valence electrons. The van der Waals surface area contributed by atoms with Gasteiger partial charge in [0.05, 0.1) is 12.8 Å². The van der Waals surface area contributed by atoms with Gasteiger partial charge in [0, 0.05) is 50.8 Å². The molecule has 10 nitrogen and oxygen atoms in total. The highest BCUT2D eigenvalue weighted by molar-refractivity contribution is 5.88. The topological polar surface area (TPSA) is 152 Å². The molecular weight excluding hydrogens is 526 g/mol. The zero-order valence-electron chi connectivity index (χ0n) is 23.1. The van der Waals surface area contributed by atoms with Crippen LogP contribution >= 0.6 is 0 Å². The van der Waals surface area contributed by atoms with Crippen LogP contribution in [0.25, 0.3) is 0 Å². The van der Waals surface area contributed by atoms with Crippen molar-refractivity contribution in [1.82, 2.24) is 9.88 Å². The van der Waals surface area contributed by atoms with Crippen LogP contribution in [0.15, 0.2) is 73.1 Å². The monoisotopic (exact) mass is 563 g/mol. The highest BCUT2D eigenvalue weighted by Crippen LogP contribution is 2.27. The number of pyridine rings is 1. The van der Waals surface area contributed by atoms with Gasteiger partial charge in [-0.25, -0.2) is 4.79 Å². The van der Waals surface area contributed by atoms with Crippen LogP contribution in [0.5, 0.6) is 0 Å². The summed E-state index contributed by atoms with van der Waals surface area (Å²) < 4.78 is 0. The maximum atomic E-state index is 10.3. The lowest BCUT2D eigenvalue weighted by Crippen LogP contribution is -2.42. The molecule has 1 aliphatic rings. The highest BCUT2D eigenvalue weighted by Gasteiger charge is 2.40. The summed E-state index contributed by atoms with van der Waals surface area (Å²) in [6.45, 7) is 7.31. The number of carbonyl (C=O) groups is 3. The van der Waals surface area contributed by atoms with Crippen molar-refractivity contribution in [3.8, 4) is 0 Å². The van der Waals surface area contributed by atoms with Crippen molar-refractivity contribution in [2.75, 3.05) is 18.0 Å². The fourth-order valence-corrected chi connectivity index (χ4v) is 4.73. The molecule has 3 aromatic rings. The molecule has 1 aliphatic heterocycles. The SMILES string of the molecule is Cc1ccc(CN(Cc2ccncc2)Cc2ccccc2N2CCCC2)cc1.O=C(O)CC(O)(CC(=O)O)C(=O)O. The Balaban J connectivity index is 0.000000302. The van der Waals surface area contributed by atoms with E-state index in [2.05, 4.69) is 82.4 Å². The van der Waals surface area contributed by atoms with Crippen molar-refractivity contribution >= 4 is 23.6 Å². The number of aliphatic hydroxyl groups is 1. The number of carboxylic acid groups (broad SMARTS) is 3. The number of para-hydroxylation sites is 1. The molecule has 1 aromatic heterocycles. The molecule has 2 heterocycles. The summed E-state index contributed by atoms with van der Waals surface area (Å²) in [5, 5.41) is 33.8. The maximum absolute atomic E-state index is 10.3. The Morgan fingerprint density at radius 3 is 1.88 bits per heavy atom. The molecule has 10 heteroatoms. The second-order valence-electron chi connectivity index (χ2n) is 10.3. The van der Waals surface area contributed by atoms with Crippen LogP contribution in [-0.2, 0) is 34.0 Å². The molecule has 1 saturated heterocycles. The minimum Gasteiger partial charge on any atom is -0.481 e. The Morgan fingerprint density at radius 1 is 0.805 bits per heavy atom. The molecule has 4 rings (SSSR count). The summed E-state index contributed by atoms with van der Waals surface area (Å²) in [6.07, 6.45) is 4.09. The van der Waals surface area contributed by atoms with Gasteiger partial charge in [0.2, 0.25) is 0 Å². The summed E-state index contributed by atoms with van der Waals surface area (Å²) in [5.41, 5.74) is 4.06. The van der Waals surface area contributed by atoms with Crippen molar-refractivity contribution in [3.63, 3.8) is 0 Å². The second-order valence-corrected chi connectivity index (χ2v) is 10.3. The van der Waals surface area contributed by atoms with Crippen molar-refractivity contribution in [1.29, 1.82) is 0 Å². The molecule has 0 spiro atoms. The number of aliphatic carboxylic acids is 3. The summed E-state index contributed by atoms with van der Waals surface area (Å²) in [6, 6.07) is 22.1. The van der Waals surface area contributed by atoms with Gasteiger partial charge in [0.15, 0.2) is 5.60 Å². The predicted octanol–water partition coefficient (Wildman–Crippen LogP) is 3.94. The predicted molar refractivity (Wildman–Crippen MR) is 153 cm³/mol. The third-order valence-corrected chi connectivity index (χ3v) is 6.80. The lowest BCUT2D eigenvalue weighted by Gasteiger charge is -2.27. The van der Waals surface area contributed by atoms with Gasteiger partial charge in [0.25, 0.3) is 0 Å². The molecule has 0 amide bonds. The zero-order chi connectivity index (χ0) is 29.8. The van der Waals surface area contributed by atoms with Gasteiger partial charge in [-0.2, -0.15) is 0 Å². The lowest BCUT2D eigenvalue weighted by molar-refractivity contribution is -0.170. The number of nitrogens with zero attached hydrogens (tertiary/aromatic N) is 3. The van der Waals surface area contributed by atoms with Crippen LogP contribution in [0.1, 0.15) is 47.9 Å². The Bertz CT molecular complexity index is 1280. The van der Waals surface area contributed by atoms with Gasteiger partial charge in [0.1, 0.15) is 0 Å². The van der Waals surface area contributed by atoms with Gasteiger partial charge in [-0.3, -0.25) is 19.5 Å². The third kappa shape index (κ3) is 10.0. The van der Waals surface area contributed by atoms with Crippen LogP contribution < -0.4 is 4.90 Å². The number of aromatic nitrogens is 1. The van der Waals surface area contributed by atoms with Crippen LogP contribution in [0.4, 0.5) is 5.69 Å². The van der Waals surface area contributed by atoms with Crippen molar-refractivity contribution in [2.24, 2.45) is 0 Å². The van der Waals surface area contributed by atoms with E-state index in [0.29, 0.717) is 0 Å². The summed E-state index contributed by atoms with van der Waals surface area (Å²) in [7, 11) is 0. The minimum atomic E-state index is -2.74. The molecule has 1 fully saturated rings. The van der Waals surface area contributed by atoms with E-state index >= 15 is 0 Å². The summed E-state index contributed by atoms with van der Waals surface area (Å²) in [5.74, 6) is -5.02. The number of carboxylic acids is 3. The fraction of sp³-hybridized carbons (Fsp3) is 0.355. The highest BCUT2D eigenvalue weighted by atomic mass is 16.4. The van der Waals surface area contributed by atoms with Gasteiger partial charge >= 0.3 is 17.9 Å². The Morgan fingerprint density at radius 2 is 1.34 bits per heavy atom. The minimum absolute atomic E-state index is 0.921. The van der Waals surface area contributed by atoms with Crippen LogP contribution in [-0.4, -0.2) is 66.9 Å². The van der Waals surface area contributed by atoms with E-state index in [0.717, 1.165) is 19.6 Å². The second kappa shape index (κ2) is 14.9. The van der Waals surface area contributed by atoms with E-state index in [-0.39, 0.29) is 0 Å². The van der Waals surface area contributed by atoms with E-state index in [1.165, 1.54) is 53.9 Å². The number of hydrogen-bond acceptors (Lipinski definition) is 7. The van der Waals surface area contributed by atoms with Crippen molar-refractivity contribution in [2.45, 2.75) is 57.8 Å². The zero-order valence-corrected chi connectivity index (χ0v) is 23.1. The molecule has 0 radical (unpaired) electrons. The first-order chi connectivity index (χ1) is 19.6. The number of aryl methyl sites for hydroxylation is 1. The summed E-state index contributed by atoms with van der Waals surface area (Å²) >= 11 is 0. The van der Waals surface area contributed by atoms with Crippen molar-refractivity contribution < 1.29 is 34.8 Å². The van der Waals surface area contributed by atoms with E-state index in [9.17, 15) is 14.4 Å². The van der Waals surface area contributed by atoms with Crippen molar-refractivity contribution in [3.05, 3.63) is 95.3 Å². The fourth-order valence-electron chi connectivity index (χ4n) is 4.73. The van der Waals surface area contributed by atoms with Gasteiger partial charge in [-0.1, -0.05) is 48.0 Å². The molecule has 0 unspecified atom stereocenters. The Hall–Kier alpha value is -4.28. The summed E-state index contributed by atoms with van der Waals surface area (Å²) in [4.78, 5) is 39.7. The molecule has 4 N–H and O–H groups in total. The molecule has 0 aliphatic carbocycles. The molecule has 2 aromatic carbocycles. The third-order valence-electron chi connectivity index (χ3n) is 6.80. The van der Waals surface area contributed by atoms with Gasteiger partial charge in [-0.15, -0.1) is 0 Å². The molecule has 0 bridgehead atoms. The molecular formula is C31H37N3O7. The van der Waals surface area contributed by atoms with Crippen LogP contribution in [0.3, 0.4) is 0 Å². The largest absolute Gasteiger partial charge is 0.481 e. The lowest BCUT2D eigenvalue weighted by atomic mass is 9.96. The average Bonchev–Trinajstić information content (AvgIpc) is 3.45. The molecule has 0 atom stereocenters. The van der Waals surface area contributed by atoms with E-state index in [1.54, 1.807) is 0 Å². The smallest absolute Gasteiger partial charge is 0.336 e. The Labute approximate surface area is 239 Å². The standard InChI is InChI=1S/C25H29N3.C6H8O7/c1-21-8-10-22(11-9-21)18-27(19-23-12-14-26-15-13-23)20-24-6-2-3-7-25(24)28-16-4-5-17-28;7-3(8)1-6(13,5(11)12)2-4(9)10/h2-3,6-15H,4-5,16-20H2,1H3;13H,1-2H2,(H,7,8)(H,9,10)(H,11,12). The van der Waals surface area contributed by atoms with Gasteiger partial charge in [-0.05, 0) is 54.7 Å². The van der Waals surface area contributed by atoms with Crippen LogP contribution in [0, 0.1) is 6.92 Å². The molecule has 41 heavy (non-hydrogen) atoms. The number of rotatable bonds is 12. The number of hydrogen-bond donors (Lipinski definition) is 4. The maximum Gasteiger partial charge on any atom is 0.336 e. The normalized spacial score (nSPS) is 13.0. The van der Waals surface area contributed by atoms with Gasteiger partial charge < -0.3 is 25.3 Å².